The molecule has 2 amide bonds. The van der Waals surface area contributed by atoms with Gasteiger partial charge >= 0.3 is 0 Å². The van der Waals surface area contributed by atoms with E-state index in [1.54, 1.807) is 11.3 Å². The Labute approximate surface area is 164 Å². The van der Waals surface area contributed by atoms with Gasteiger partial charge in [-0.2, -0.15) is 0 Å². The van der Waals surface area contributed by atoms with Gasteiger partial charge in [0.05, 0.1) is 12.5 Å². The molecular formula is C21H27N3O2S. The Morgan fingerprint density at radius 3 is 2.48 bits per heavy atom. The van der Waals surface area contributed by atoms with Crippen molar-refractivity contribution < 1.29 is 9.59 Å². The highest BCUT2D eigenvalue weighted by molar-refractivity contribution is 7.10. The molecule has 27 heavy (non-hydrogen) atoms. The third-order valence-corrected chi connectivity index (χ3v) is 5.80. The van der Waals surface area contributed by atoms with Gasteiger partial charge in [0.2, 0.25) is 11.8 Å². The molecule has 1 atom stereocenters. The van der Waals surface area contributed by atoms with Gasteiger partial charge in [-0.15, -0.1) is 11.3 Å². The predicted octanol–water partition coefficient (Wildman–Crippen LogP) is 2.75. The van der Waals surface area contributed by atoms with Crippen LogP contribution in [0.2, 0.25) is 0 Å². The number of carbonyl (C=O) groups excluding carboxylic acids is 2. The molecule has 0 spiro atoms. The second-order valence-corrected chi connectivity index (χ2v) is 7.82. The van der Waals surface area contributed by atoms with Crippen LogP contribution in [0.15, 0.2) is 47.8 Å². The molecule has 144 valence electrons. The normalized spacial score (nSPS) is 15.4. The second-order valence-electron chi connectivity index (χ2n) is 6.84. The van der Waals surface area contributed by atoms with Crippen LogP contribution in [0, 0.1) is 0 Å². The molecule has 1 saturated heterocycles. The van der Waals surface area contributed by atoms with Crippen LogP contribution in [0.25, 0.3) is 0 Å². The van der Waals surface area contributed by atoms with E-state index < -0.39 is 0 Å². The Kier molecular flexibility index (Phi) is 7.42. The number of benzene rings is 1. The van der Waals surface area contributed by atoms with Crippen LogP contribution in [0.5, 0.6) is 0 Å². The summed E-state index contributed by atoms with van der Waals surface area (Å²) in [5.41, 5.74) is 0.976. The molecule has 0 saturated carbocycles. The van der Waals surface area contributed by atoms with Crippen molar-refractivity contribution in [3.63, 3.8) is 0 Å². The molecule has 1 aliphatic rings. The minimum Gasteiger partial charge on any atom is -0.355 e. The lowest BCUT2D eigenvalue weighted by Crippen LogP contribution is -2.37. The number of amides is 2. The third kappa shape index (κ3) is 6.19. The Balaban J connectivity index is 1.38. The van der Waals surface area contributed by atoms with Crippen molar-refractivity contribution in [1.82, 2.24) is 15.5 Å². The van der Waals surface area contributed by atoms with Gasteiger partial charge in [0.15, 0.2) is 0 Å². The number of nitrogens with zero attached hydrogens (tertiary/aromatic N) is 1. The van der Waals surface area contributed by atoms with Crippen LogP contribution < -0.4 is 10.6 Å². The summed E-state index contributed by atoms with van der Waals surface area (Å²) in [4.78, 5) is 27.9. The molecule has 1 fully saturated rings. The molecule has 2 heterocycles. The van der Waals surface area contributed by atoms with Gasteiger partial charge < -0.3 is 10.6 Å². The van der Waals surface area contributed by atoms with Gasteiger partial charge in [-0.3, -0.25) is 14.5 Å². The van der Waals surface area contributed by atoms with Gasteiger partial charge in [0.25, 0.3) is 0 Å². The van der Waals surface area contributed by atoms with Crippen LogP contribution in [-0.2, 0) is 16.0 Å². The first-order valence-electron chi connectivity index (χ1n) is 9.57. The number of likely N-dealkylation sites (tertiary alicyclic amines) is 1. The van der Waals surface area contributed by atoms with E-state index in [0.717, 1.165) is 18.7 Å². The summed E-state index contributed by atoms with van der Waals surface area (Å²) in [5, 5.41) is 7.96. The Bertz CT molecular complexity index is 712. The summed E-state index contributed by atoms with van der Waals surface area (Å²) >= 11 is 1.74. The van der Waals surface area contributed by atoms with E-state index in [1.807, 2.05) is 30.3 Å². The fraction of sp³-hybridized carbons (Fsp3) is 0.429. The van der Waals surface area contributed by atoms with Crippen LogP contribution in [0.1, 0.15) is 35.7 Å². The van der Waals surface area contributed by atoms with Gasteiger partial charge in [-0.05, 0) is 42.9 Å². The summed E-state index contributed by atoms with van der Waals surface area (Å²) in [5.74, 6) is -0.0710. The summed E-state index contributed by atoms with van der Waals surface area (Å²) in [6.07, 6.45) is 3.10. The maximum Gasteiger partial charge on any atom is 0.224 e. The zero-order valence-electron chi connectivity index (χ0n) is 15.5. The monoisotopic (exact) mass is 385 g/mol. The summed E-state index contributed by atoms with van der Waals surface area (Å²) < 4.78 is 0. The Morgan fingerprint density at radius 2 is 1.78 bits per heavy atom. The van der Waals surface area contributed by atoms with E-state index in [1.165, 1.54) is 17.7 Å². The highest BCUT2D eigenvalue weighted by Gasteiger charge is 2.24. The molecule has 2 aromatic rings. The van der Waals surface area contributed by atoms with Crippen molar-refractivity contribution in [2.75, 3.05) is 26.2 Å². The highest BCUT2D eigenvalue weighted by atomic mass is 32.1. The molecule has 6 heteroatoms. The van der Waals surface area contributed by atoms with Gasteiger partial charge in [-0.25, -0.2) is 0 Å². The molecule has 1 aliphatic heterocycles. The van der Waals surface area contributed by atoms with Crippen molar-refractivity contribution in [2.45, 2.75) is 31.7 Å². The summed E-state index contributed by atoms with van der Waals surface area (Å²) in [6.45, 7) is 3.17. The standard InChI is InChI=1S/C21H27N3O2S/c25-20(10-11-22-21(26)15-17-7-2-1-3-8-17)23-16-18(19-9-6-14-27-19)24-12-4-5-13-24/h1-3,6-9,14,18H,4-5,10-13,15-16H2,(H,22,26)(H,23,25). The van der Waals surface area contributed by atoms with Crippen LogP contribution in [0.4, 0.5) is 0 Å². The second kappa shape index (κ2) is 10.2. The van der Waals surface area contributed by atoms with E-state index >= 15 is 0 Å². The predicted molar refractivity (Wildman–Crippen MR) is 109 cm³/mol. The summed E-state index contributed by atoms with van der Waals surface area (Å²) in [6, 6.07) is 14.1. The number of rotatable bonds is 9. The molecule has 1 unspecified atom stereocenters. The molecule has 1 aromatic carbocycles. The quantitative estimate of drug-likeness (QED) is 0.698. The van der Waals surface area contributed by atoms with E-state index in [-0.39, 0.29) is 17.9 Å². The van der Waals surface area contributed by atoms with Crippen molar-refractivity contribution in [3.05, 3.63) is 58.3 Å². The molecule has 0 bridgehead atoms. The maximum absolute atomic E-state index is 12.2. The van der Waals surface area contributed by atoms with E-state index in [4.69, 9.17) is 0 Å². The molecular weight excluding hydrogens is 358 g/mol. The molecule has 3 rings (SSSR count). The largest absolute Gasteiger partial charge is 0.355 e. The van der Waals surface area contributed by atoms with E-state index in [0.29, 0.717) is 25.9 Å². The van der Waals surface area contributed by atoms with Crippen LogP contribution >= 0.6 is 11.3 Å². The fourth-order valence-corrected chi connectivity index (χ4v) is 4.26. The first-order chi connectivity index (χ1) is 13.2. The first-order valence-corrected chi connectivity index (χ1v) is 10.4. The van der Waals surface area contributed by atoms with Crippen LogP contribution in [0.3, 0.4) is 0 Å². The fourth-order valence-electron chi connectivity index (χ4n) is 3.40. The van der Waals surface area contributed by atoms with E-state index in [2.05, 4.69) is 33.0 Å². The molecule has 0 aliphatic carbocycles. The average molecular weight is 386 g/mol. The number of thiophene rings is 1. The van der Waals surface area contributed by atoms with Crippen molar-refractivity contribution in [3.8, 4) is 0 Å². The Hall–Kier alpha value is -2.18. The Morgan fingerprint density at radius 1 is 1.00 bits per heavy atom. The topological polar surface area (TPSA) is 61.4 Å². The zero-order chi connectivity index (χ0) is 18.9. The number of carbonyl (C=O) groups is 2. The lowest BCUT2D eigenvalue weighted by molar-refractivity contribution is -0.122. The van der Waals surface area contributed by atoms with Crippen molar-refractivity contribution in [2.24, 2.45) is 0 Å². The van der Waals surface area contributed by atoms with Gasteiger partial charge in [0.1, 0.15) is 0 Å². The smallest absolute Gasteiger partial charge is 0.224 e. The molecule has 0 radical (unpaired) electrons. The highest BCUT2D eigenvalue weighted by Crippen LogP contribution is 2.27. The SMILES string of the molecule is O=C(CCNC(=O)Cc1ccccc1)NCC(c1cccs1)N1CCCC1. The minimum absolute atomic E-state index is 0.0178. The molecule has 5 nitrogen and oxygen atoms in total. The van der Waals surface area contributed by atoms with Crippen molar-refractivity contribution >= 4 is 23.2 Å². The van der Waals surface area contributed by atoms with E-state index in [9.17, 15) is 9.59 Å². The van der Waals surface area contributed by atoms with Gasteiger partial charge in [0, 0.05) is 24.4 Å². The minimum atomic E-state index is -0.0532. The number of hydrogen-bond donors (Lipinski definition) is 2. The van der Waals surface area contributed by atoms with Crippen molar-refractivity contribution in [1.29, 1.82) is 0 Å². The van der Waals surface area contributed by atoms with Gasteiger partial charge in [-0.1, -0.05) is 36.4 Å². The average Bonchev–Trinajstić information content (AvgIpc) is 3.37. The molecule has 1 aromatic heterocycles. The third-order valence-electron chi connectivity index (χ3n) is 4.83. The lowest BCUT2D eigenvalue weighted by atomic mass is 10.1. The van der Waals surface area contributed by atoms with Crippen LogP contribution in [-0.4, -0.2) is 42.9 Å². The summed E-state index contributed by atoms with van der Waals surface area (Å²) in [7, 11) is 0. The number of hydrogen-bond acceptors (Lipinski definition) is 4. The zero-order valence-corrected chi connectivity index (χ0v) is 16.3. The maximum atomic E-state index is 12.2. The lowest BCUT2D eigenvalue weighted by Gasteiger charge is -2.26. The first kappa shape index (κ1) is 19.6. The number of nitrogens with one attached hydrogen (secondary N) is 2. The molecule has 2 N–H and O–H groups in total.